The molecule has 0 fully saturated rings. The Balaban J connectivity index is 2.17. The lowest BCUT2D eigenvalue weighted by molar-refractivity contribution is -0.384. The second-order valence-electron chi connectivity index (χ2n) is 4.81. The summed E-state index contributed by atoms with van der Waals surface area (Å²) in [6.07, 6.45) is 5.99. The first-order valence-corrected chi connectivity index (χ1v) is 6.45. The van der Waals surface area contributed by atoms with Crippen LogP contribution in [0.1, 0.15) is 29.6 Å². The van der Waals surface area contributed by atoms with Crippen LogP contribution in [0.15, 0.2) is 30.4 Å². The Morgan fingerprint density at radius 2 is 2.19 bits per heavy atom. The fourth-order valence-electron chi connectivity index (χ4n) is 2.24. The maximum atomic E-state index is 11.9. The Morgan fingerprint density at radius 3 is 2.76 bits per heavy atom. The predicted molar refractivity (Wildman–Crippen MR) is 75.2 cm³/mol. The second-order valence-corrected chi connectivity index (χ2v) is 4.81. The molecule has 1 atom stereocenters. The summed E-state index contributed by atoms with van der Waals surface area (Å²) >= 11 is 0. The monoisotopic (exact) mass is 290 g/mol. The number of nitrogens with zero attached hydrogens (tertiary/aromatic N) is 1. The summed E-state index contributed by atoms with van der Waals surface area (Å²) < 4.78 is 0. The molecule has 7 heteroatoms. The minimum Gasteiger partial charge on any atom is -0.478 e. The molecule has 1 unspecified atom stereocenters. The van der Waals surface area contributed by atoms with E-state index in [-0.39, 0.29) is 35.2 Å². The number of carbonyl (C=O) groups is 2. The van der Waals surface area contributed by atoms with Crippen molar-refractivity contribution in [1.29, 1.82) is 0 Å². The van der Waals surface area contributed by atoms with E-state index in [1.165, 1.54) is 0 Å². The molecule has 2 rings (SSSR count). The van der Waals surface area contributed by atoms with Gasteiger partial charge < -0.3 is 10.4 Å². The standard InChI is InChI=1S/C14H14N2O5/c17-13(7-9-3-1-2-4-9)15-12-8-10(16(20)21)5-6-11(12)14(18)19/h1,3,5-6,8-9H,2,4,7H2,(H,15,17)(H,18,19). The van der Waals surface area contributed by atoms with E-state index >= 15 is 0 Å². The molecule has 1 aliphatic rings. The zero-order valence-electron chi connectivity index (χ0n) is 11.1. The van der Waals surface area contributed by atoms with Gasteiger partial charge in [0.1, 0.15) is 0 Å². The number of nitrogens with one attached hydrogen (secondary N) is 1. The molecule has 0 aromatic heterocycles. The summed E-state index contributed by atoms with van der Waals surface area (Å²) in [5.74, 6) is -1.47. The average Bonchev–Trinajstić information content (AvgIpc) is 2.90. The van der Waals surface area contributed by atoms with E-state index in [0.717, 1.165) is 31.0 Å². The smallest absolute Gasteiger partial charge is 0.337 e. The molecular weight excluding hydrogens is 276 g/mol. The van der Waals surface area contributed by atoms with Crippen molar-refractivity contribution < 1.29 is 19.6 Å². The van der Waals surface area contributed by atoms with Gasteiger partial charge in [-0.3, -0.25) is 14.9 Å². The lowest BCUT2D eigenvalue weighted by atomic mass is 10.0. The number of nitro benzene ring substituents is 1. The lowest BCUT2D eigenvalue weighted by Gasteiger charge is -2.10. The highest BCUT2D eigenvalue weighted by Crippen LogP contribution is 2.25. The molecule has 1 amide bonds. The fraction of sp³-hybridized carbons (Fsp3) is 0.286. The van der Waals surface area contributed by atoms with Crippen LogP contribution in [0.3, 0.4) is 0 Å². The number of amides is 1. The zero-order chi connectivity index (χ0) is 15.4. The predicted octanol–water partition coefficient (Wildman–Crippen LogP) is 2.59. The van der Waals surface area contributed by atoms with Gasteiger partial charge in [0.2, 0.25) is 5.91 Å². The molecule has 0 saturated heterocycles. The van der Waals surface area contributed by atoms with E-state index in [1.807, 2.05) is 12.2 Å². The summed E-state index contributed by atoms with van der Waals surface area (Å²) in [6, 6.07) is 3.27. The van der Waals surface area contributed by atoms with Gasteiger partial charge >= 0.3 is 5.97 Å². The maximum absolute atomic E-state index is 11.9. The van der Waals surface area contributed by atoms with Crippen LogP contribution in [0, 0.1) is 16.0 Å². The topological polar surface area (TPSA) is 110 Å². The van der Waals surface area contributed by atoms with Crippen molar-refractivity contribution in [3.05, 3.63) is 46.0 Å². The molecule has 0 spiro atoms. The quantitative estimate of drug-likeness (QED) is 0.492. The first kappa shape index (κ1) is 14.7. The van der Waals surface area contributed by atoms with Crippen LogP contribution in [0.25, 0.3) is 0 Å². The Kier molecular flexibility index (Phi) is 4.32. The summed E-state index contributed by atoms with van der Waals surface area (Å²) in [6.45, 7) is 0. The van der Waals surface area contributed by atoms with E-state index in [1.54, 1.807) is 0 Å². The molecule has 21 heavy (non-hydrogen) atoms. The van der Waals surface area contributed by atoms with Crippen LogP contribution in [0.4, 0.5) is 11.4 Å². The Morgan fingerprint density at radius 1 is 1.43 bits per heavy atom. The van der Waals surface area contributed by atoms with Gasteiger partial charge in [0.25, 0.3) is 5.69 Å². The number of carboxylic acids is 1. The van der Waals surface area contributed by atoms with Gasteiger partial charge in [-0.05, 0) is 24.8 Å². The normalized spacial score (nSPS) is 16.7. The third-order valence-electron chi connectivity index (χ3n) is 3.28. The third-order valence-corrected chi connectivity index (χ3v) is 3.28. The van der Waals surface area contributed by atoms with Crippen LogP contribution in [0.5, 0.6) is 0 Å². The molecule has 1 aliphatic carbocycles. The van der Waals surface area contributed by atoms with Crippen LogP contribution in [-0.4, -0.2) is 21.9 Å². The Hall–Kier alpha value is -2.70. The first-order chi connectivity index (χ1) is 9.97. The third kappa shape index (κ3) is 3.65. The SMILES string of the molecule is O=C(CC1C=CCC1)Nc1cc([N+](=O)[O-])ccc1C(=O)O. The minimum absolute atomic E-state index is 0.0522. The minimum atomic E-state index is -1.25. The van der Waals surface area contributed by atoms with Crippen molar-refractivity contribution in [2.24, 2.45) is 5.92 Å². The molecule has 0 aliphatic heterocycles. The molecule has 0 bridgehead atoms. The molecule has 2 N–H and O–H groups in total. The number of hydrogen-bond acceptors (Lipinski definition) is 4. The second kappa shape index (κ2) is 6.17. The largest absolute Gasteiger partial charge is 0.478 e. The van der Waals surface area contributed by atoms with E-state index in [9.17, 15) is 19.7 Å². The van der Waals surface area contributed by atoms with Crippen molar-refractivity contribution in [2.45, 2.75) is 19.3 Å². The van der Waals surface area contributed by atoms with Crippen molar-refractivity contribution in [3.63, 3.8) is 0 Å². The van der Waals surface area contributed by atoms with Crippen molar-refractivity contribution in [2.75, 3.05) is 5.32 Å². The average molecular weight is 290 g/mol. The highest BCUT2D eigenvalue weighted by atomic mass is 16.6. The van der Waals surface area contributed by atoms with Gasteiger partial charge in [-0.1, -0.05) is 12.2 Å². The van der Waals surface area contributed by atoms with E-state index < -0.39 is 10.9 Å². The molecule has 7 nitrogen and oxygen atoms in total. The lowest BCUT2D eigenvalue weighted by Crippen LogP contribution is -2.17. The summed E-state index contributed by atoms with van der Waals surface area (Å²) in [5, 5.41) is 22.3. The number of carboxylic acid groups (broad SMARTS) is 1. The number of anilines is 1. The van der Waals surface area contributed by atoms with E-state index in [4.69, 9.17) is 5.11 Å². The van der Waals surface area contributed by atoms with Crippen LogP contribution in [-0.2, 0) is 4.79 Å². The summed E-state index contributed by atoms with van der Waals surface area (Å²) in [7, 11) is 0. The number of rotatable bonds is 5. The van der Waals surface area contributed by atoms with Gasteiger partial charge in [-0.25, -0.2) is 4.79 Å². The fourth-order valence-corrected chi connectivity index (χ4v) is 2.24. The Bertz CT molecular complexity index is 624. The van der Waals surface area contributed by atoms with Crippen LogP contribution < -0.4 is 5.32 Å². The summed E-state index contributed by atoms with van der Waals surface area (Å²) in [4.78, 5) is 33.1. The van der Waals surface area contributed by atoms with Crippen molar-refractivity contribution >= 4 is 23.3 Å². The number of non-ortho nitro benzene ring substituents is 1. The number of allylic oxidation sites excluding steroid dienone is 2. The molecule has 0 saturated carbocycles. The van der Waals surface area contributed by atoms with Gasteiger partial charge in [0, 0.05) is 18.6 Å². The number of benzene rings is 1. The Labute approximate surface area is 120 Å². The van der Waals surface area contributed by atoms with Gasteiger partial charge in [0.05, 0.1) is 16.2 Å². The van der Waals surface area contributed by atoms with Crippen molar-refractivity contribution in [3.8, 4) is 0 Å². The van der Waals surface area contributed by atoms with Crippen LogP contribution >= 0.6 is 0 Å². The van der Waals surface area contributed by atoms with Gasteiger partial charge in [-0.2, -0.15) is 0 Å². The molecule has 0 radical (unpaired) electrons. The first-order valence-electron chi connectivity index (χ1n) is 6.45. The van der Waals surface area contributed by atoms with Gasteiger partial charge in [-0.15, -0.1) is 0 Å². The highest BCUT2D eigenvalue weighted by molar-refractivity contribution is 6.01. The molecular formula is C14H14N2O5. The summed E-state index contributed by atoms with van der Waals surface area (Å²) in [5.41, 5.74) is -0.490. The van der Waals surface area contributed by atoms with Gasteiger partial charge in [0.15, 0.2) is 0 Å². The molecule has 110 valence electrons. The number of aromatic carboxylic acids is 1. The molecule has 0 heterocycles. The number of hydrogen-bond donors (Lipinski definition) is 2. The number of nitro groups is 1. The van der Waals surface area contributed by atoms with E-state index in [0.29, 0.717) is 0 Å². The highest BCUT2D eigenvalue weighted by Gasteiger charge is 2.19. The number of carbonyl (C=O) groups excluding carboxylic acids is 1. The molecule has 1 aromatic carbocycles. The van der Waals surface area contributed by atoms with E-state index in [2.05, 4.69) is 5.32 Å². The molecule has 1 aromatic rings. The zero-order valence-corrected chi connectivity index (χ0v) is 11.1. The van der Waals surface area contributed by atoms with Crippen molar-refractivity contribution in [1.82, 2.24) is 0 Å². The maximum Gasteiger partial charge on any atom is 0.337 e. The van der Waals surface area contributed by atoms with Crippen LogP contribution in [0.2, 0.25) is 0 Å².